The zero-order chi connectivity index (χ0) is 24.9. The molecular weight excluding hydrogens is 372 g/mol. The molecule has 3 N–H and O–H groups in total. The van der Waals surface area contributed by atoms with Gasteiger partial charge < -0.3 is 15.3 Å². The van der Waals surface area contributed by atoms with Crippen molar-refractivity contribution in [1.82, 2.24) is 0 Å². The molecule has 0 aliphatic rings. The highest BCUT2D eigenvalue weighted by atomic mass is 16.3. The summed E-state index contributed by atoms with van der Waals surface area (Å²) in [6.45, 7) is 22.0. The minimum atomic E-state index is -0.0509. The summed E-state index contributed by atoms with van der Waals surface area (Å²) in [5.74, 6) is 0. The lowest BCUT2D eigenvalue weighted by Crippen LogP contribution is -2.01. The van der Waals surface area contributed by atoms with Crippen LogP contribution >= 0.6 is 0 Å². The summed E-state index contributed by atoms with van der Waals surface area (Å²) < 4.78 is 0. The molecule has 0 aromatic rings. The van der Waals surface area contributed by atoms with Crippen molar-refractivity contribution in [3.63, 3.8) is 0 Å². The van der Waals surface area contributed by atoms with Crippen LogP contribution in [-0.2, 0) is 0 Å². The van der Waals surface area contributed by atoms with Crippen LogP contribution in [-0.4, -0.2) is 34.6 Å². The van der Waals surface area contributed by atoms with E-state index in [4.69, 9.17) is 15.3 Å². The third-order valence-electron chi connectivity index (χ3n) is 3.57. The summed E-state index contributed by atoms with van der Waals surface area (Å²) >= 11 is 0. The second-order valence-electron chi connectivity index (χ2n) is 7.42. The number of hydrogen-bond donors (Lipinski definition) is 3. The highest BCUT2D eigenvalue weighted by molar-refractivity contribution is 4.47. The van der Waals surface area contributed by atoms with E-state index in [0.29, 0.717) is 13.2 Å². The maximum atomic E-state index is 8.86. The fourth-order valence-corrected chi connectivity index (χ4v) is 1.41. The molecule has 3 nitrogen and oxygen atoms in total. The maximum absolute atomic E-state index is 8.86. The molecule has 0 amide bonds. The number of aliphatic hydroxyl groups is 3. The third kappa shape index (κ3) is 121. The standard InChI is InChI=1S/C6H14O.C5H12O.C5H12.C4H10O.C4H10.C3H8/c1-3-5-6(7)4-2;1-2-3-4-5-6;1-3-5-4-2;1-2-3-4-5;1-3-4-2;1-3-2/h6-7H,3-5H2,1-2H3;6H,2-5H2,1H3;3-5H2,1-2H3;5H,2-4H2,1H3;3-4H2,1-2H3;3H2,1-2H3. The first-order chi connectivity index (χ1) is 14.4. The van der Waals surface area contributed by atoms with Crippen LogP contribution in [0.25, 0.3) is 0 Å². The first kappa shape index (κ1) is 43.7. The predicted molar refractivity (Wildman–Crippen MR) is 142 cm³/mol. The van der Waals surface area contributed by atoms with E-state index in [-0.39, 0.29) is 6.10 Å². The largest absolute Gasteiger partial charge is 0.396 e. The van der Waals surface area contributed by atoms with Crippen molar-refractivity contribution in [1.29, 1.82) is 0 Å². The molecule has 0 rings (SSSR count). The first-order valence-corrected chi connectivity index (χ1v) is 13.3. The molecule has 0 spiro atoms. The van der Waals surface area contributed by atoms with Crippen LogP contribution < -0.4 is 0 Å². The molecule has 0 aromatic carbocycles. The minimum Gasteiger partial charge on any atom is -0.396 e. The van der Waals surface area contributed by atoms with Gasteiger partial charge in [0.2, 0.25) is 0 Å². The van der Waals surface area contributed by atoms with Crippen LogP contribution in [0.1, 0.15) is 159 Å². The van der Waals surface area contributed by atoms with Crippen LogP contribution in [0.4, 0.5) is 0 Å². The second-order valence-corrected chi connectivity index (χ2v) is 7.42. The zero-order valence-electron chi connectivity index (χ0n) is 23.2. The van der Waals surface area contributed by atoms with E-state index in [1.165, 1.54) is 44.9 Å². The lowest BCUT2D eigenvalue weighted by Gasteiger charge is -2.01. The SMILES string of the molecule is CCC.CCCC.CCCC(O)CC.CCCCC.CCCCCO.CCCCO. The van der Waals surface area contributed by atoms with E-state index < -0.39 is 0 Å². The van der Waals surface area contributed by atoms with Crippen LogP contribution in [0.2, 0.25) is 0 Å². The van der Waals surface area contributed by atoms with E-state index >= 15 is 0 Å². The fourth-order valence-electron chi connectivity index (χ4n) is 1.41. The van der Waals surface area contributed by atoms with Crippen molar-refractivity contribution in [3.05, 3.63) is 0 Å². The monoisotopic (exact) mass is 439 g/mol. The quantitative estimate of drug-likeness (QED) is 0.282. The molecule has 0 saturated carbocycles. The van der Waals surface area contributed by atoms with E-state index in [1.807, 2.05) is 6.92 Å². The van der Waals surface area contributed by atoms with E-state index in [1.54, 1.807) is 0 Å². The summed E-state index contributed by atoms with van der Waals surface area (Å²) in [7, 11) is 0. The van der Waals surface area contributed by atoms with Gasteiger partial charge in [0.25, 0.3) is 0 Å². The maximum Gasteiger partial charge on any atom is 0.0537 e. The van der Waals surface area contributed by atoms with Crippen molar-refractivity contribution in [2.45, 2.75) is 165 Å². The normalized spacial score (nSPS) is 9.50. The molecule has 192 valence electrons. The molecule has 0 bridgehead atoms. The number of aliphatic hydroxyl groups excluding tert-OH is 3. The van der Waals surface area contributed by atoms with E-state index in [9.17, 15) is 0 Å². The van der Waals surface area contributed by atoms with Crippen molar-refractivity contribution in [2.24, 2.45) is 0 Å². The molecule has 1 atom stereocenters. The van der Waals surface area contributed by atoms with Gasteiger partial charge in [0.15, 0.2) is 0 Å². The van der Waals surface area contributed by atoms with Gasteiger partial charge in [0, 0.05) is 13.2 Å². The average molecular weight is 439 g/mol. The molecule has 1 unspecified atom stereocenters. The van der Waals surface area contributed by atoms with Gasteiger partial charge in [0.1, 0.15) is 0 Å². The van der Waals surface area contributed by atoms with Crippen molar-refractivity contribution < 1.29 is 15.3 Å². The van der Waals surface area contributed by atoms with Gasteiger partial charge in [-0.2, -0.15) is 0 Å². The van der Waals surface area contributed by atoms with E-state index in [0.717, 1.165) is 44.9 Å². The summed E-state index contributed by atoms with van der Waals surface area (Å²) in [6, 6.07) is 0. The Morgan fingerprint density at radius 3 is 0.900 bits per heavy atom. The van der Waals surface area contributed by atoms with Crippen LogP contribution in [0.5, 0.6) is 0 Å². The molecule has 0 radical (unpaired) electrons. The molecule has 30 heavy (non-hydrogen) atoms. The molecular formula is C27H66O3. The zero-order valence-corrected chi connectivity index (χ0v) is 23.2. The van der Waals surface area contributed by atoms with Crippen LogP contribution in [0.15, 0.2) is 0 Å². The Morgan fingerprint density at radius 2 is 0.833 bits per heavy atom. The van der Waals surface area contributed by atoms with Crippen LogP contribution in [0, 0.1) is 0 Å². The first-order valence-electron chi connectivity index (χ1n) is 13.3. The fraction of sp³-hybridized carbons (Fsp3) is 1.00. The lowest BCUT2D eigenvalue weighted by atomic mass is 10.2. The Labute approximate surface area is 194 Å². The third-order valence-corrected chi connectivity index (χ3v) is 3.57. The summed E-state index contributed by atoms with van der Waals surface area (Å²) in [5.41, 5.74) is 0. The van der Waals surface area contributed by atoms with Gasteiger partial charge in [0.05, 0.1) is 6.10 Å². The van der Waals surface area contributed by atoms with Gasteiger partial charge in [-0.05, 0) is 25.7 Å². The molecule has 0 heterocycles. The van der Waals surface area contributed by atoms with Gasteiger partial charge in [-0.15, -0.1) is 0 Å². The van der Waals surface area contributed by atoms with Crippen molar-refractivity contribution >= 4 is 0 Å². The molecule has 0 aromatic heterocycles. The lowest BCUT2D eigenvalue weighted by molar-refractivity contribution is 0.159. The van der Waals surface area contributed by atoms with E-state index in [2.05, 4.69) is 62.3 Å². The average Bonchev–Trinajstić information content (AvgIpc) is 2.75. The smallest absolute Gasteiger partial charge is 0.0537 e. The Hall–Kier alpha value is -0.120. The number of rotatable bonds is 11. The van der Waals surface area contributed by atoms with Crippen molar-refractivity contribution in [3.8, 4) is 0 Å². The Kier molecular flexibility index (Phi) is 91.7. The highest BCUT2D eigenvalue weighted by Crippen LogP contribution is 1.98. The number of unbranched alkanes of at least 4 members (excludes halogenated alkanes) is 6. The Morgan fingerprint density at radius 1 is 0.467 bits per heavy atom. The molecule has 0 fully saturated rings. The topological polar surface area (TPSA) is 60.7 Å². The Bertz CT molecular complexity index is 159. The molecule has 0 aliphatic carbocycles. The molecule has 3 heteroatoms. The van der Waals surface area contributed by atoms with Gasteiger partial charge in [-0.25, -0.2) is 0 Å². The van der Waals surface area contributed by atoms with Crippen molar-refractivity contribution in [2.75, 3.05) is 13.2 Å². The number of hydrogen-bond acceptors (Lipinski definition) is 3. The highest BCUT2D eigenvalue weighted by Gasteiger charge is 1.94. The summed E-state index contributed by atoms with van der Waals surface area (Å²) in [5, 5.41) is 25.1. The minimum absolute atomic E-state index is 0.0509. The predicted octanol–water partition coefficient (Wildman–Crippen LogP) is 8.92. The van der Waals surface area contributed by atoms with Gasteiger partial charge in [-0.1, -0.05) is 133 Å². The summed E-state index contributed by atoms with van der Waals surface area (Å²) in [4.78, 5) is 0. The molecule has 0 saturated heterocycles. The van der Waals surface area contributed by atoms with Crippen LogP contribution in [0.3, 0.4) is 0 Å². The second kappa shape index (κ2) is 63.0. The summed E-state index contributed by atoms with van der Waals surface area (Å²) in [6.07, 6.45) is 16.2. The van der Waals surface area contributed by atoms with Gasteiger partial charge >= 0.3 is 0 Å². The van der Waals surface area contributed by atoms with Gasteiger partial charge in [-0.3, -0.25) is 0 Å². The Balaban J connectivity index is -0.0000000587. The molecule has 0 aliphatic heterocycles.